The average molecular weight is 345 g/mol. The lowest BCUT2D eigenvalue weighted by molar-refractivity contribution is -0.118. The molecule has 0 bridgehead atoms. The molecule has 24 heavy (non-hydrogen) atoms. The second-order valence-corrected chi connectivity index (χ2v) is 7.73. The summed E-state index contributed by atoms with van der Waals surface area (Å²) in [6, 6.07) is 17.7. The molecule has 0 aromatic heterocycles. The zero-order valence-electron chi connectivity index (χ0n) is 13.9. The molecule has 4 nitrogen and oxygen atoms in total. The number of anilines is 1. The Labute approximate surface area is 144 Å². The van der Waals surface area contributed by atoms with Crippen LogP contribution in [-0.2, 0) is 14.6 Å². The van der Waals surface area contributed by atoms with Gasteiger partial charge in [0.1, 0.15) is 0 Å². The number of benzene rings is 2. The first-order valence-corrected chi connectivity index (χ1v) is 9.83. The number of hydrogen-bond donors (Lipinski definition) is 0. The second-order valence-electron chi connectivity index (χ2n) is 5.62. The summed E-state index contributed by atoms with van der Waals surface area (Å²) >= 11 is 0. The van der Waals surface area contributed by atoms with Gasteiger partial charge >= 0.3 is 0 Å². The highest BCUT2D eigenvalue weighted by atomic mass is 32.2. The van der Waals surface area contributed by atoms with Crippen molar-refractivity contribution in [3.05, 3.63) is 60.7 Å². The first kappa shape index (κ1) is 18.2. The van der Waals surface area contributed by atoms with Crippen molar-refractivity contribution in [2.75, 3.05) is 17.2 Å². The molecule has 0 fully saturated rings. The van der Waals surface area contributed by atoms with Crippen molar-refractivity contribution < 1.29 is 13.2 Å². The van der Waals surface area contributed by atoms with Gasteiger partial charge in [-0.05, 0) is 30.7 Å². The number of hydrogen-bond acceptors (Lipinski definition) is 3. The van der Waals surface area contributed by atoms with Crippen molar-refractivity contribution in [1.82, 2.24) is 0 Å². The first-order chi connectivity index (χ1) is 11.5. The Morgan fingerprint density at radius 2 is 1.54 bits per heavy atom. The van der Waals surface area contributed by atoms with E-state index in [2.05, 4.69) is 6.92 Å². The fourth-order valence-electron chi connectivity index (χ4n) is 2.42. The molecule has 2 rings (SSSR count). The van der Waals surface area contributed by atoms with Crippen molar-refractivity contribution in [2.45, 2.75) is 31.1 Å². The molecular formula is C19H23NO3S. The fourth-order valence-corrected chi connectivity index (χ4v) is 3.68. The minimum atomic E-state index is -3.44. The lowest BCUT2D eigenvalue weighted by atomic mass is 10.2. The molecule has 0 unspecified atom stereocenters. The number of unbranched alkanes of at least 4 members (excludes halogenated alkanes) is 1. The molecule has 2 aromatic rings. The van der Waals surface area contributed by atoms with Crippen molar-refractivity contribution in [3.63, 3.8) is 0 Å². The Hall–Kier alpha value is -2.14. The summed E-state index contributed by atoms with van der Waals surface area (Å²) in [4.78, 5) is 14.5. The predicted molar refractivity (Wildman–Crippen MR) is 96.8 cm³/mol. The van der Waals surface area contributed by atoms with E-state index in [1.165, 1.54) is 0 Å². The van der Waals surface area contributed by atoms with E-state index in [-0.39, 0.29) is 23.0 Å². The number of carbonyl (C=O) groups excluding carboxylic acids is 1. The van der Waals surface area contributed by atoms with Gasteiger partial charge in [0.2, 0.25) is 5.91 Å². The van der Waals surface area contributed by atoms with E-state index in [0.717, 1.165) is 18.5 Å². The normalized spacial score (nSPS) is 11.2. The van der Waals surface area contributed by atoms with Gasteiger partial charge < -0.3 is 4.90 Å². The van der Waals surface area contributed by atoms with Gasteiger partial charge in [0.15, 0.2) is 9.84 Å². The van der Waals surface area contributed by atoms with Gasteiger partial charge in [0.25, 0.3) is 0 Å². The Morgan fingerprint density at radius 1 is 0.958 bits per heavy atom. The van der Waals surface area contributed by atoms with Crippen LogP contribution < -0.4 is 4.90 Å². The molecule has 0 aliphatic heterocycles. The zero-order valence-corrected chi connectivity index (χ0v) is 14.7. The Balaban J connectivity index is 2.08. The number of rotatable bonds is 8. The van der Waals surface area contributed by atoms with Crippen LogP contribution in [0.5, 0.6) is 0 Å². The van der Waals surface area contributed by atoms with Crippen LogP contribution in [0, 0.1) is 0 Å². The van der Waals surface area contributed by atoms with Gasteiger partial charge in [-0.1, -0.05) is 49.7 Å². The lowest BCUT2D eigenvalue weighted by Crippen LogP contribution is -2.33. The quantitative estimate of drug-likeness (QED) is 0.733. The number of sulfone groups is 1. The fraction of sp³-hybridized carbons (Fsp3) is 0.316. The minimum Gasteiger partial charge on any atom is -0.312 e. The highest BCUT2D eigenvalue weighted by Gasteiger charge is 2.20. The third-order valence-corrected chi connectivity index (χ3v) is 5.52. The average Bonchev–Trinajstić information content (AvgIpc) is 2.62. The van der Waals surface area contributed by atoms with Gasteiger partial charge in [-0.2, -0.15) is 0 Å². The van der Waals surface area contributed by atoms with Crippen LogP contribution in [0.4, 0.5) is 5.69 Å². The van der Waals surface area contributed by atoms with Crippen LogP contribution >= 0.6 is 0 Å². The molecule has 0 spiro atoms. The Morgan fingerprint density at radius 3 is 2.12 bits per heavy atom. The van der Waals surface area contributed by atoms with E-state index in [1.807, 2.05) is 30.3 Å². The van der Waals surface area contributed by atoms with Gasteiger partial charge in [-0.15, -0.1) is 0 Å². The van der Waals surface area contributed by atoms with Gasteiger partial charge in [-0.3, -0.25) is 4.79 Å². The molecule has 0 saturated carbocycles. The monoisotopic (exact) mass is 345 g/mol. The van der Waals surface area contributed by atoms with Crippen LogP contribution in [0.15, 0.2) is 65.6 Å². The summed E-state index contributed by atoms with van der Waals surface area (Å²) in [5, 5.41) is 0. The van der Waals surface area contributed by atoms with Gasteiger partial charge in [-0.25, -0.2) is 8.42 Å². The summed E-state index contributed by atoms with van der Waals surface area (Å²) in [5.74, 6) is -0.333. The smallest absolute Gasteiger partial charge is 0.228 e. The van der Waals surface area contributed by atoms with Crippen LogP contribution in [-0.4, -0.2) is 26.6 Å². The highest BCUT2D eigenvalue weighted by Crippen LogP contribution is 2.17. The maximum atomic E-state index is 12.6. The first-order valence-electron chi connectivity index (χ1n) is 8.18. The largest absolute Gasteiger partial charge is 0.312 e. The van der Waals surface area contributed by atoms with Crippen LogP contribution in [0.1, 0.15) is 26.2 Å². The van der Waals surface area contributed by atoms with E-state index in [9.17, 15) is 13.2 Å². The molecular weight excluding hydrogens is 322 g/mol. The van der Waals surface area contributed by atoms with Crippen LogP contribution in [0.25, 0.3) is 0 Å². The lowest BCUT2D eigenvalue weighted by Gasteiger charge is -2.22. The van der Waals surface area contributed by atoms with Crippen LogP contribution in [0.2, 0.25) is 0 Å². The van der Waals surface area contributed by atoms with E-state index >= 15 is 0 Å². The predicted octanol–water partition coefficient (Wildman–Crippen LogP) is 3.68. The van der Waals surface area contributed by atoms with E-state index in [1.54, 1.807) is 35.2 Å². The Kier molecular flexibility index (Phi) is 6.55. The third-order valence-electron chi connectivity index (χ3n) is 3.79. The molecule has 0 N–H and O–H groups in total. The van der Waals surface area contributed by atoms with Crippen molar-refractivity contribution in [2.24, 2.45) is 0 Å². The SMILES string of the molecule is CCCCN(C(=O)CCS(=O)(=O)c1ccccc1)c1ccccc1. The van der Waals surface area contributed by atoms with Crippen LogP contribution in [0.3, 0.4) is 0 Å². The minimum absolute atomic E-state index is 0.0180. The number of carbonyl (C=O) groups is 1. The molecule has 2 aromatic carbocycles. The second kappa shape index (κ2) is 8.64. The topological polar surface area (TPSA) is 54.5 Å². The summed E-state index contributed by atoms with van der Waals surface area (Å²) in [6.45, 7) is 2.66. The molecule has 0 aliphatic rings. The molecule has 5 heteroatoms. The summed E-state index contributed by atoms with van der Waals surface area (Å²) in [6.07, 6.45) is 1.83. The number of amides is 1. The van der Waals surface area contributed by atoms with Crippen molar-refractivity contribution in [3.8, 4) is 0 Å². The summed E-state index contributed by atoms with van der Waals surface area (Å²) in [5.41, 5.74) is 0.813. The standard InChI is InChI=1S/C19H23NO3S/c1-2-3-15-20(17-10-6-4-7-11-17)19(21)14-16-24(22,23)18-12-8-5-9-13-18/h4-13H,2-3,14-16H2,1H3. The third kappa shape index (κ3) is 4.93. The van der Waals surface area contributed by atoms with Gasteiger partial charge in [0.05, 0.1) is 10.6 Å². The molecule has 1 amide bonds. The maximum Gasteiger partial charge on any atom is 0.228 e. The number of nitrogens with zero attached hydrogens (tertiary/aromatic N) is 1. The molecule has 0 heterocycles. The van der Waals surface area contributed by atoms with Crippen molar-refractivity contribution in [1.29, 1.82) is 0 Å². The molecule has 0 radical (unpaired) electrons. The molecule has 0 aliphatic carbocycles. The molecule has 0 atom stereocenters. The summed E-state index contributed by atoms with van der Waals surface area (Å²) < 4.78 is 24.7. The number of para-hydroxylation sites is 1. The highest BCUT2D eigenvalue weighted by molar-refractivity contribution is 7.91. The van der Waals surface area contributed by atoms with Gasteiger partial charge in [0, 0.05) is 18.7 Å². The maximum absolute atomic E-state index is 12.6. The molecule has 0 saturated heterocycles. The van der Waals surface area contributed by atoms with E-state index in [4.69, 9.17) is 0 Å². The molecule has 128 valence electrons. The van der Waals surface area contributed by atoms with Crippen molar-refractivity contribution >= 4 is 21.4 Å². The van der Waals surface area contributed by atoms with E-state index < -0.39 is 9.84 Å². The summed E-state index contributed by atoms with van der Waals surface area (Å²) in [7, 11) is -3.44. The van der Waals surface area contributed by atoms with E-state index in [0.29, 0.717) is 6.54 Å². The zero-order chi connectivity index (χ0) is 17.4. The Bertz CT molecular complexity index is 743.